The van der Waals surface area contributed by atoms with Gasteiger partial charge in [-0.2, -0.15) is 0 Å². The zero-order valence-electron chi connectivity index (χ0n) is 23.4. The number of morpholine rings is 1. The minimum atomic E-state index is -1.14. The smallest absolute Gasteiger partial charge is 0.321 e. The van der Waals surface area contributed by atoms with Crippen molar-refractivity contribution in [1.82, 2.24) is 30.2 Å². The first-order chi connectivity index (χ1) is 19.1. The van der Waals surface area contributed by atoms with Gasteiger partial charge in [-0.15, -0.1) is 0 Å². The van der Waals surface area contributed by atoms with E-state index in [9.17, 15) is 9.90 Å². The van der Waals surface area contributed by atoms with E-state index < -0.39 is 5.60 Å². The molecule has 1 aromatic carbocycles. The molecule has 1 aliphatic heterocycles. The lowest BCUT2D eigenvalue weighted by atomic mass is 10.0. The summed E-state index contributed by atoms with van der Waals surface area (Å²) < 4.78 is 6.82. The van der Waals surface area contributed by atoms with Crippen LogP contribution in [0.1, 0.15) is 46.0 Å². The summed E-state index contributed by atoms with van der Waals surface area (Å²) in [5.41, 5.74) is 4.14. The number of carbonyl (C=O) groups is 1. The third-order valence-corrected chi connectivity index (χ3v) is 7.60. The predicted octanol–water partition coefficient (Wildman–Crippen LogP) is 4.79. The highest BCUT2D eigenvalue weighted by molar-refractivity contribution is 7.22. The van der Waals surface area contributed by atoms with Gasteiger partial charge in [0.1, 0.15) is 5.60 Å². The first kappa shape index (κ1) is 28.0. The van der Waals surface area contributed by atoms with Crippen molar-refractivity contribution < 1.29 is 14.6 Å². The Morgan fingerprint density at radius 2 is 1.85 bits per heavy atom. The second-order valence-corrected chi connectivity index (χ2v) is 11.7. The monoisotopic (exact) mass is 561 g/mol. The predicted molar refractivity (Wildman–Crippen MR) is 157 cm³/mol. The molecule has 210 valence electrons. The highest BCUT2D eigenvalue weighted by Crippen LogP contribution is 2.38. The number of anilines is 1. The van der Waals surface area contributed by atoms with Gasteiger partial charge >= 0.3 is 6.03 Å². The molecule has 4 heterocycles. The van der Waals surface area contributed by atoms with E-state index in [4.69, 9.17) is 14.7 Å². The molecule has 40 heavy (non-hydrogen) atoms. The van der Waals surface area contributed by atoms with Crippen LogP contribution in [0.5, 0.6) is 0 Å². The number of aromatic nitrogens is 4. The van der Waals surface area contributed by atoms with Gasteiger partial charge in [-0.1, -0.05) is 11.3 Å². The normalized spacial score (nSPS) is 18.1. The van der Waals surface area contributed by atoms with E-state index in [1.807, 2.05) is 25.3 Å². The Kier molecular flexibility index (Phi) is 8.09. The molecule has 1 fully saturated rings. The Balaban J connectivity index is 1.55. The number of aliphatic hydroxyl groups is 1. The SMILES string of the molecule is CCNC(=O)Nc1nc2cc(-c3cnc(C(C)(C)O)nc3)cc(-c3cc(CN4C[C@@H](C)O[C@@H](C)C4)ccn3)c2s1. The molecule has 5 rings (SSSR count). The number of benzene rings is 1. The average Bonchev–Trinajstić information content (AvgIpc) is 3.29. The molecule has 2 amide bonds. The summed E-state index contributed by atoms with van der Waals surface area (Å²) in [7, 11) is 0. The molecule has 0 radical (unpaired) electrons. The van der Waals surface area contributed by atoms with E-state index >= 15 is 0 Å². The van der Waals surface area contributed by atoms with Crippen molar-refractivity contribution in [3.63, 3.8) is 0 Å². The average molecular weight is 562 g/mol. The molecule has 10 nitrogen and oxygen atoms in total. The maximum absolute atomic E-state index is 12.2. The minimum Gasteiger partial charge on any atom is -0.382 e. The van der Waals surface area contributed by atoms with E-state index in [2.05, 4.69) is 51.5 Å². The Labute approximate surface area is 237 Å². The van der Waals surface area contributed by atoms with Crippen LogP contribution >= 0.6 is 11.3 Å². The number of fused-ring (bicyclic) bond motifs is 1. The molecule has 0 unspecified atom stereocenters. The van der Waals surface area contributed by atoms with Gasteiger partial charge in [0.2, 0.25) is 0 Å². The lowest BCUT2D eigenvalue weighted by Gasteiger charge is -2.35. The Hall–Kier alpha value is -3.51. The van der Waals surface area contributed by atoms with Gasteiger partial charge in [-0.05, 0) is 70.0 Å². The molecular formula is C29H35N7O3S. The third kappa shape index (κ3) is 6.44. The second kappa shape index (κ2) is 11.5. The lowest BCUT2D eigenvalue weighted by molar-refractivity contribution is -0.0704. The molecule has 3 N–H and O–H groups in total. The van der Waals surface area contributed by atoms with Crippen LogP contribution in [0.15, 0.2) is 42.9 Å². The fraction of sp³-hybridized carbons (Fsp3) is 0.414. The van der Waals surface area contributed by atoms with Gasteiger partial charge in [0.25, 0.3) is 0 Å². The van der Waals surface area contributed by atoms with Gasteiger partial charge in [0.05, 0.1) is 28.1 Å². The van der Waals surface area contributed by atoms with Crippen LogP contribution in [0.3, 0.4) is 0 Å². The van der Waals surface area contributed by atoms with Crippen LogP contribution < -0.4 is 10.6 Å². The van der Waals surface area contributed by atoms with Crippen molar-refractivity contribution in [2.75, 3.05) is 25.0 Å². The quantitative estimate of drug-likeness (QED) is 0.294. The van der Waals surface area contributed by atoms with E-state index in [0.717, 1.165) is 57.8 Å². The van der Waals surface area contributed by atoms with E-state index in [1.165, 1.54) is 11.3 Å². The minimum absolute atomic E-state index is 0.194. The van der Waals surface area contributed by atoms with Crippen LogP contribution in [0.25, 0.3) is 32.6 Å². The molecule has 0 spiro atoms. The first-order valence-corrected chi connectivity index (χ1v) is 14.3. The summed E-state index contributed by atoms with van der Waals surface area (Å²) in [6.07, 6.45) is 5.64. The molecule has 3 aromatic heterocycles. The van der Waals surface area contributed by atoms with Crippen molar-refractivity contribution in [3.05, 3.63) is 54.2 Å². The fourth-order valence-corrected chi connectivity index (χ4v) is 5.89. The van der Waals surface area contributed by atoms with Crippen LogP contribution in [0.2, 0.25) is 0 Å². The Morgan fingerprint density at radius 3 is 2.52 bits per heavy atom. The topological polar surface area (TPSA) is 125 Å². The van der Waals surface area contributed by atoms with Crippen LogP contribution in [0, 0.1) is 0 Å². The highest BCUT2D eigenvalue weighted by atomic mass is 32.1. The van der Waals surface area contributed by atoms with Gasteiger partial charge < -0.3 is 15.2 Å². The van der Waals surface area contributed by atoms with E-state index in [1.54, 1.807) is 26.2 Å². The van der Waals surface area contributed by atoms with Gasteiger partial charge in [-0.25, -0.2) is 19.7 Å². The van der Waals surface area contributed by atoms with Crippen molar-refractivity contribution in [1.29, 1.82) is 0 Å². The van der Waals surface area contributed by atoms with Gasteiger partial charge in [-0.3, -0.25) is 15.2 Å². The lowest BCUT2D eigenvalue weighted by Crippen LogP contribution is -2.44. The van der Waals surface area contributed by atoms with Crippen LogP contribution in [-0.2, 0) is 16.9 Å². The third-order valence-electron chi connectivity index (χ3n) is 6.58. The van der Waals surface area contributed by atoms with Gasteiger partial charge in [0.15, 0.2) is 11.0 Å². The molecule has 1 saturated heterocycles. The summed E-state index contributed by atoms with van der Waals surface area (Å²) in [4.78, 5) is 32.8. The van der Waals surface area contributed by atoms with Crippen molar-refractivity contribution in [2.45, 2.75) is 59.0 Å². The number of urea groups is 1. The summed E-state index contributed by atoms with van der Waals surface area (Å²) in [5, 5.41) is 16.4. The number of ether oxygens (including phenoxy) is 1. The number of hydrogen-bond donors (Lipinski definition) is 3. The zero-order valence-corrected chi connectivity index (χ0v) is 24.2. The number of nitrogens with one attached hydrogen (secondary N) is 2. The maximum Gasteiger partial charge on any atom is 0.321 e. The largest absolute Gasteiger partial charge is 0.382 e. The number of rotatable bonds is 7. The maximum atomic E-state index is 12.2. The van der Waals surface area contributed by atoms with Gasteiger partial charge in [0, 0.05) is 55.9 Å². The first-order valence-electron chi connectivity index (χ1n) is 13.5. The van der Waals surface area contributed by atoms with Crippen molar-refractivity contribution in [3.8, 4) is 22.4 Å². The van der Waals surface area contributed by atoms with Crippen molar-refractivity contribution >= 4 is 32.7 Å². The van der Waals surface area contributed by atoms with E-state index in [-0.39, 0.29) is 18.2 Å². The molecule has 0 bridgehead atoms. The summed E-state index contributed by atoms with van der Waals surface area (Å²) in [6, 6.07) is 7.89. The summed E-state index contributed by atoms with van der Waals surface area (Å²) in [5.74, 6) is 0.348. The molecule has 4 aromatic rings. The molecular weight excluding hydrogens is 526 g/mol. The summed E-state index contributed by atoms with van der Waals surface area (Å²) in [6.45, 7) is 12.5. The number of thiazole rings is 1. The second-order valence-electron chi connectivity index (χ2n) is 10.7. The number of carbonyl (C=O) groups excluding carboxylic acids is 1. The number of pyridine rings is 1. The molecule has 0 aliphatic carbocycles. The zero-order chi connectivity index (χ0) is 28.4. The fourth-order valence-electron chi connectivity index (χ4n) is 4.93. The molecule has 2 atom stereocenters. The molecule has 0 saturated carbocycles. The van der Waals surface area contributed by atoms with Crippen LogP contribution in [-0.4, -0.2) is 67.8 Å². The number of amides is 2. The van der Waals surface area contributed by atoms with Crippen molar-refractivity contribution in [2.24, 2.45) is 0 Å². The molecule has 1 aliphatic rings. The summed E-state index contributed by atoms with van der Waals surface area (Å²) >= 11 is 1.41. The Bertz CT molecular complexity index is 1490. The number of nitrogens with zero attached hydrogens (tertiary/aromatic N) is 5. The number of hydrogen-bond acceptors (Lipinski definition) is 9. The highest BCUT2D eigenvalue weighted by Gasteiger charge is 2.23. The van der Waals surface area contributed by atoms with Crippen LogP contribution in [0.4, 0.5) is 9.93 Å². The standard InChI is InChI=1S/C29H35N7O3S/c1-6-30-27(37)35-28-34-24-11-20(21-12-32-26(33-13-21)29(4,5)38)10-22(25(24)40-28)23-9-19(7-8-31-23)16-36-14-17(2)39-18(3)15-36/h7-13,17-18,38H,6,14-16H2,1-5H3,(H2,30,34,35,37)/t17-,18+. The Morgan fingerprint density at radius 1 is 1.12 bits per heavy atom. The molecule has 11 heteroatoms. The van der Waals surface area contributed by atoms with E-state index in [0.29, 0.717) is 17.5 Å².